The van der Waals surface area contributed by atoms with Crippen molar-refractivity contribution < 1.29 is 9.53 Å². The Morgan fingerprint density at radius 2 is 2.33 bits per heavy atom. The molecule has 5 nitrogen and oxygen atoms in total. The minimum Gasteiger partial charge on any atom is -0.378 e. The summed E-state index contributed by atoms with van der Waals surface area (Å²) in [5.41, 5.74) is 4.55. The molecule has 0 heterocycles. The fourth-order valence-corrected chi connectivity index (χ4v) is 1.98. The number of nitrogens with one attached hydrogen (secondary N) is 1. The first-order valence-corrected chi connectivity index (χ1v) is 5.00. The molecule has 0 aromatic rings. The summed E-state index contributed by atoms with van der Waals surface area (Å²) >= 11 is 0. The highest BCUT2D eigenvalue weighted by molar-refractivity contribution is 5.89. The van der Waals surface area contributed by atoms with Gasteiger partial charge in [0.1, 0.15) is 5.54 Å². The number of ether oxygens (including phenoxy) is 1. The molecular formula is C10H17N3O2. The van der Waals surface area contributed by atoms with E-state index in [0.29, 0.717) is 13.0 Å². The van der Waals surface area contributed by atoms with Gasteiger partial charge in [-0.15, -0.1) is 0 Å². The Hall–Kier alpha value is -1.12. The normalized spacial score (nSPS) is 32.6. The van der Waals surface area contributed by atoms with Crippen LogP contribution in [0.3, 0.4) is 0 Å². The largest absolute Gasteiger partial charge is 0.378 e. The molecule has 0 radical (unpaired) electrons. The molecule has 2 unspecified atom stereocenters. The van der Waals surface area contributed by atoms with Crippen LogP contribution in [-0.2, 0) is 9.53 Å². The quantitative estimate of drug-likeness (QED) is 0.512. The van der Waals surface area contributed by atoms with Crippen LogP contribution >= 0.6 is 0 Å². The molecule has 1 aliphatic rings. The van der Waals surface area contributed by atoms with Crippen molar-refractivity contribution in [3.05, 3.63) is 0 Å². The lowest BCUT2D eigenvalue weighted by Gasteiger charge is -2.57. The van der Waals surface area contributed by atoms with Crippen LogP contribution in [0.5, 0.6) is 0 Å². The topological polar surface area (TPSA) is 88.1 Å². The molecule has 15 heavy (non-hydrogen) atoms. The predicted molar refractivity (Wildman–Crippen MR) is 54.5 cm³/mol. The third-order valence-corrected chi connectivity index (χ3v) is 3.40. The number of amides is 1. The van der Waals surface area contributed by atoms with Gasteiger partial charge in [-0.1, -0.05) is 13.8 Å². The molecule has 0 aliphatic heterocycles. The number of carbonyl (C=O) groups is 1. The van der Waals surface area contributed by atoms with E-state index in [2.05, 4.69) is 5.32 Å². The molecule has 84 valence electrons. The molecule has 0 aromatic heterocycles. The smallest absolute Gasteiger partial charge is 0.253 e. The van der Waals surface area contributed by atoms with Gasteiger partial charge in [0.15, 0.2) is 6.19 Å². The Morgan fingerprint density at radius 1 is 1.73 bits per heavy atom. The molecule has 0 bridgehead atoms. The second-order valence-corrected chi connectivity index (χ2v) is 4.41. The van der Waals surface area contributed by atoms with Crippen molar-refractivity contribution in [3.63, 3.8) is 0 Å². The highest BCUT2D eigenvalue weighted by Gasteiger charge is 2.62. The van der Waals surface area contributed by atoms with E-state index in [1.54, 1.807) is 6.19 Å². The summed E-state index contributed by atoms with van der Waals surface area (Å²) in [5, 5.41) is 10.5. The number of hydrogen-bond donors (Lipinski definition) is 2. The van der Waals surface area contributed by atoms with Crippen molar-refractivity contribution >= 4 is 5.91 Å². The molecule has 1 saturated carbocycles. The fraction of sp³-hybridized carbons (Fsp3) is 0.800. The highest BCUT2D eigenvalue weighted by atomic mass is 16.5. The number of hydrogen-bond acceptors (Lipinski definition) is 4. The average molecular weight is 211 g/mol. The Kier molecular flexibility index (Phi) is 3.03. The van der Waals surface area contributed by atoms with E-state index in [1.165, 1.54) is 0 Å². The molecule has 1 amide bonds. The first kappa shape index (κ1) is 12.0. The minimum absolute atomic E-state index is 0.0167. The molecule has 1 rings (SSSR count). The second kappa shape index (κ2) is 3.80. The van der Waals surface area contributed by atoms with Gasteiger partial charge >= 0.3 is 0 Å². The highest BCUT2D eigenvalue weighted by Crippen LogP contribution is 2.49. The predicted octanol–water partition coefficient (Wildman–Crippen LogP) is 0.116. The summed E-state index contributed by atoms with van der Waals surface area (Å²) < 4.78 is 5.47. The van der Waals surface area contributed by atoms with Crippen molar-refractivity contribution in [2.75, 3.05) is 6.61 Å². The zero-order chi connectivity index (χ0) is 11.7. The Labute approximate surface area is 89.6 Å². The van der Waals surface area contributed by atoms with Crippen LogP contribution in [0.15, 0.2) is 0 Å². The summed E-state index contributed by atoms with van der Waals surface area (Å²) in [5.74, 6) is -0.425. The summed E-state index contributed by atoms with van der Waals surface area (Å²) in [6, 6.07) is 0. The maximum atomic E-state index is 11.6. The number of nitriles is 1. The number of rotatable bonds is 3. The van der Waals surface area contributed by atoms with E-state index >= 15 is 0 Å². The van der Waals surface area contributed by atoms with Gasteiger partial charge in [-0.3, -0.25) is 10.1 Å². The van der Waals surface area contributed by atoms with Gasteiger partial charge in [0.05, 0.1) is 6.10 Å². The first-order chi connectivity index (χ1) is 6.90. The maximum Gasteiger partial charge on any atom is 0.253 e. The number of nitrogens with two attached hydrogens (primary N) is 1. The van der Waals surface area contributed by atoms with Crippen molar-refractivity contribution in [1.29, 1.82) is 5.26 Å². The van der Waals surface area contributed by atoms with Crippen LogP contribution in [-0.4, -0.2) is 24.2 Å². The van der Waals surface area contributed by atoms with Crippen LogP contribution in [0.4, 0.5) is 0 Å². The molecule has 3 N–H and O–H groups in total. The molecule has 0 spiro atoms. The second-order valence-electron chi connectivity index (χ2n) is 4.41. The Morgan fingerprint density at radius 3 is 2.73 bits per heavy atom. The van der Waals surface area contributed by atoms with Crippen molar-refractivity contribution in [2.24, 2.45) is 11.1 Å². The van der Waals surface area contributed by atoms with E-state index in [-0.39, 0.29) is 6.10 Å². The molecule has 2 atom stereocenters. The lowest BCUT2D eigenvalue weighted by atomic mass is 9.54. The number of nitrogens with zero attached hydrogens (tertiary/aromatic N) is 1. The molecule has 5 heteroatoms. The average Bonchev–Trinajstić information content (AvgIpc) is 2.17. The summed E-state index contributed by atoms with van der Waals surface area (Å²) in [4.78, 5) is 11.6. The van der Waals surface area contributed by atoms with Gasteiger partial charge in [0.25, 0.3) is 5.91 Å². The fourth-order valence-electron chi connectivity index (χ4n) is 1.98. The molecule has 0 aromatic carbocycles. The molecule has 1 aliphatic carbocycles. The maximum absolute atomic E-state index is 11.6. The van der Waals surface area contributed by atoms with Gasteiger partial charge in [-0.05, 0) is 6.92 Å². The van der Waals surface area contributed by atoms with E-state index < -0.39 is 16.9 Å². The van der Waals surface area contributed by atoms with Crippen molar-refractivity contribution in [1.82, 2.24) is 5.32 Å². The Bertz CT molecular complexity index is 308. The van der Waals surface area contributed by atoms with Gasteiger partial charge in [0, 0.05) is 18.4 Å². The van der Waals surface area contributed by atoms with Crippen molar-refractivity contribution in [2.45, 2.75) is 38.8 Å². The lowest BCUT2D eigenvalue weighted by molar-refractivity contribution is -0.169. The zero-order valence-electron chi connectivity index (χ0n) is 9.33. The Balaban J connectivity index is 2.75. The summed E-state index contributed by atoms with van der Waals surface area (Å²) in [6.07, 6.45) is 2.05. The van der Waals surface area contributed by atoms with Crippen LogP contribution in [0, 0.1) is 16.9 Å². The van der Waals surface area contributed by atoms with Crippen LogP contribution in [0.25, 0.3) is 0 Å². The summed E-state index contributed by atoms with van der Waals surface area (Å²) in [6.45, 7) is 6.27. The first-order valence-electron chi connectivity index (χ1n) is 5.00. The minimum atomic E-state index is -0.997. The van der Waals surface area contributed by atoms with Crippen LogP contribution < -0.4 is 11.1 Å². The van der Waals surface area contributed by atoms with Crippen LogP contribution in [0.2, 0.25) is 0 Å². The SMILES string of the molecule is CCOC1CC(N)(C(=O)NC#N)C1(C)C. The molecular weight excluding hydrogens is 194 g/mol. The standard InChI is InChI=1S/C10H17N3O2/c1-4-15-7-5-10(12,9(7,2)3)8(14)13-6-11/h7H,4-5,12H2,1-3H3,(H,13,14). The monoisotopic (exact) mass is 211 g/mol. The summed E-state index contributed by atoms with van der Waals surface area (Å²) in [7, 11) is 0. The van der Waals surface area contributed by atoms with E-state index in [0.717, 1.165) is 0 Å². The van der Waals surface area contributed by atoms with Gasteiger partial charge in [0.2, 0.25) is 0 Å². The zero-order valence-corrected chi connectivity index (χ0v) is 9.33. The van der Waals surface area contributed by atoms with E-state index in [4.69, 9.17) is 15.7 Å². The third kappa shape index (κ3) is 1.60. The van der Waals surface area contributed by atoms with E-state index in [9.17, 15) is 4.79 Å². The third-order valence-electron chi connectivity index (χ3n) is 3.40. The van der Waals surface area contributed by atoms with Crippen LogP contribution in [0.1, 0.15) is 27.2 Å². The number of carbonyl (C=O) groups excluding carboxylic acids is 1. The van der Waals surface area contributed by atoms with E-state index in [1.807, 2.05) is 20.8 Å². The lowest BCUT2D eigenvalue weighted by Crippen LogP contribution is -2.75. The van der Waals surface area contributed by atoms with Gasteiger partial charge in [-0.25, -0.2) is 0 Å². The molecule has 1 fully saturated rings. The van der Waals surface area contributed by atoms with Gasteiger partial charge in [-0.2, -0.15) is 5.26 Å². The van der Waals surface area contributed by atoms with Gasteiger partial charge < -0.3 is 10.5 Å². The molecule has 0 saturated heterocycles. The van der Waals surface area contributed by atoms with Crippen molar-refractivity contribution in [3.8, 4) is 6.19 Å².